The van der Waals surface area contributed by atoms with Crippen LogP contribution in [-0.2, 0) is 0 Å². The van der Waals surface area contributed by atoms with Gasteiger partial charge in [-0.25, -0.2) is 8.78 Å². The van der Waals surface area contributed by atoms with Gasteiger partial charge in [0.25, 0.3) is 0 Å². The Kier molecular flexibility index (Phi) is 2.99. The molecule has 13 heavy (non-hydrogen) atoms. The Morgan fingerprint density at radius 1 is 1.38 bits per heavy atom. The lowest BCUT2D eigenvalue weighted by molar-refractivity contribution is 0.566. The molecule has 0 aliphatic heterocycles. The molecule has 0 aliphatic rings. The molecule has 0 saturated carbocycles. The monoisotopic (exact) mass is 245 g/mol. The van der Waals surface area contributed by atoms with Gasteiger partial charge < -0.3 is 0 Å². The molecular weight excluding hydrogens is 240 g/mol. The molecule has 0 heterocycles. The van der Waals surface area contributed by atoms with Crippen molar-refractivity contribution in [2.75, 3.05) is 0 Å². The summed E-state index contributed by atoms with van der Waals surface area (Å²) in [5.74, 6) is -1.92. The third-order valence-electron chi connectivity index (χ3n) is 1.70. The van der Waals surface area contributed by atoms with Gasteiger partial charge >= 0.3 is 0 Å². The standard InChI is InChI=1S/C9H6BrF2N/c1-5(4-13)6-2-7(10)9(12)3-8(6)11/h2-3,5H,1H3. The topological polar surface area (TPSA) is 23.8 Å². The second-order valence-electron chi connectivity index (χ2n) is 2.64. The van der Waals surface area contributed by atoms with Crippen LogP contribution in [0.5, 0.6) is 0 Å². The van der Waals surface area contributed by atoms with Gasteiger partial charge in [0.1, 0.15) is 11.6 Å². The second kappa shape index (κ2) is 3.84. The highest BCUT2D eigenvalue weighted by atomic mass is 79.9. The number of rotatable bonds is 1. The van der Waals surface area contributed by atoms with Crippen LogP contribution >= 0.6 is 15.9 Å². The minimum absolute atomic E-state index is 0.172. The molecule has 68 valence electrons. The smallest absolute Gasteiger partial charge is 0.140 e. The van der Waals surface area contributed by atoms with E-state index in [2.05, 4.69) is 15.9 Å². The van der Waals surface area contributed by atoms with Crippen molar-refractivity contribution < 1.29 is 8.78 Å². The first-order valence-corrected chi connectivity index (χ1v) is 4.39. The highest BCUT2D eigenvalue weighted by Crippen LogP contribution is 2.25. The number of benzene rings is 1. The lowest BCUT2D eigenvalue weighted by atomic mass is 10.0. The van der Waals surface area contributed by atoms with Crippen molar-refractivity contribution in [1.82, 2.24) is 0 Å². The number of hydrogen-bond donors (Lipinski definition) is 0. The van der Waals surface area contributed by atoms with E-state index in [1.807, 2.05) is 6.07 Å². The Hall–Kier alpha value is -0.950. The van der Waals surface area contributed by atoms with E-state index in [-0.39, 0.29) is 10.0 Å². The zero-order valence-corrected chi connectivity index (χ0v) is 8.40. The van der Waals surface area contributed by atoms with Crippen molar-refractivity contribution in [3.8, 4) is 6.07 Å². The maximum absolute atomic E-state index is 13.1. The molecule has 1 rings (SSSR count). The van der Waals surface area contributed by atoms with E-state index in [0.29, 0.717) is 0 Å². The summed E-state index contributed by atoms with van der Waals surface area (Å²) in [5.41, 5.74) is 0.204. The summed E-state index contributed by atoms with van der Waals surface area (Å²) in [7, 11) is 0. The molecule has 1 nitrogen and oxygen atoms in total. The first-order valence-electron chi connectivity index (χ1n) is 3.60. The second-order valence-corrected chi connectivity index (χ2v) is 3.49. The van der Waals surface area contributed by atoms with Crippen LogP contribution in [0.15, 0.2) is 16.6 Å². The predicted octanol–water partition coefficient (Wildman–Crippen LogP) is 3.35. The van der Waals surface area contributed by atoms with Gasteiger partial charge in [-0.2, -0.15) is 5.26 Å². The Bertz CT molecular complexity index is 371. The van der Waals surface area contributed by atoms with Crippen molar-refractivity contribution in [1.29, 1.82) is 5.26 Å². The molecule has 0 bridgehead atoms. The Morgan fingerprint density at radius 3 is 2.54 bits per heavy atom. The third-order valence-corrected chi connectivity index (χ3v) is 2.31. The summed E-state index contributed by atoms with van der Waals surface area (Å²) in [6.45, 7) is 1.56. The van der Waals surface area contributed by atoms with Gasteiger partial charge in [0, 0.05) is 11.6 Å². The molecule has 4 heteroatoms. The van der Waals surface area contributed by atoms with Crippen molar-refractivity contribution in [2.24, 2.45) is 0 Å². The molecule has 1 aromatic rings. The fraction of sp³-hybridized carbons (Fsp3) is 0.222. The van der Waals surface area contributed by atoms with Gasteiger partial charge in [0.15, 0.2) is 0 Å². The molecule has 1 aromatic carbocycles. The Morgan fingerprint density at radius 2 is 2.00 bits per heavy atom. The molecular formula is C9H6BrF2N. The van der Waals surface area contributed by atoms with Crippen LogP contribution in [-0.4, -0.2) is 0 Å². The van der Waals surface area contributed by atoms with Gasteiger partial charge in [0.05, 0.1) is 16.5 Å². The minimum atomic E-state index is -0.685. The SMILES string of the molecule is CC(C#N)c1cc(Br)c(F)cc1F. The fourth-order valence-electron chi connectivity index (χ4n) is 0.939. The van der Waals surface area contributed by atoms with Crippen molar-refractivity contribution in [3.05, 3.63) is 33.8 Å². The van der Waals surface area contributed by atoms with E-state index in [1.54, 1.807) is 6.92 Å². The first-order chi connectivity index (χ1) is 6.06. The summed E-state index contributed by atoms with van der Waals surface area (Å²) >= 11 is 2.93. The number of nitriles is 1. The van der Waals surface area contributed by atoms with Crippen molar-refractivity contribution in [2.45, 2.75) is 12.8 Å². The molecule has 0 amide bonds. The first kappa shape index (κ1) is 10.1. The van der Waals surface area contributed by atoms with Crippen LogP contribution < -0.4 is 0 Å². The normalized spacial score (nSPS) is 12.2. The lowest BCUT2D eigenvalue weighted by Gasteiger charge is -2.05. The lowest BCUT2D eigenvalue weighted by Crippen LogP contribution is -1.96. The van der Waals surface area contributed by atoms with Gasteiger partial charge in [-0.15, -0.1) is 0 Å². The van der Waals surface area contributed by atoms with Crippen LogP contribution in [0.25, 0.3) is 0 Å². The minimum Gasteiger partial charge on any atom is -0.207 e. The van der Waals surface area contributed by atoms with E-state index >= 15 is 0 Å². The number of nitrogens with zero attached hydrogens (tertiary/aromatic N) is 1. The average Bonchev–Trinajstić information content (AvgIpc) is 2.10. The fourth-order valence-corrected chi connectivity index (χ4v) is 1.30. The maximum atomic E-state index is 13.1. The summed E-state index contributed by atoms with van der Waals surface area (Å²) in [6.07, 6.45) is 0. The van der Waals surface area contributed by atoms with E-state index < -0.39 is 17.6 Å². The van der Waals surface area contributed by atoms with Crippen LogP contribution in [0.1, 0.15) is 18.4 Å². The van der Waals surface area contributed by atoms with Gasteiger partial charge in [0.2, 0.25) is 0 Å². The molecule has 0 aliphatic carbocycles. The largest absolute Gasteiger partial charge is 0.207 e. The van der Waals surface area contributed by atoms with Gasteiger partial charge in [-0.1, -0.05) is 0 Å². The van der Waals surface area contributed by atoms with E-state index in [4.69, 9.17) is 5.26 Å². The van der Waals surface area contributed by atoms with Crippen LogP contribution in [0.3, 0.4) is 0 Å². The average molecular weight is 246 g/mol. The Labute approximate surface area is 83.1 Å². The third kappa shape index (κ3) is 2.04. The molecule has 0 radical (unpaired) electrons. The molecule has 0 spiro atoms. The summed E-state index contributed by atoms with van der Waals surface area (Å²) in [4.78, 5) is 0. The summed E-state index contributed by atoms with van der Waals surface area (Å²) in [5, 5.41) is 8.55. The van der Waals surface area contributed by atoms with Crippen LogP contribution in [0, 0.1) is 23.0 Å². The van der Waals surface area contributed by atoms with Crippen molar-refractivity contribution in [3.63, 3.8) is 0 Å². The molecule has 1 unspecified atom stereocenters. The van der Waals surface area contributed by atoms with Crippen molar-refractivity contribution >= 4 is 15.9 Å². The summed E-state index contributed by atoms with van der Waals surface area (Å²) in [6, 6.07) is 3.95. The zero-order chi connectivity index (χ0) is 10.0. The quantitative estimate of drug-likeness (QED) is 0.697. The van der Waals surface area contributed by atoms with E-state index in [1.165, 1.54) is 6.07 Å². The number of halogens is 3. The van der Waals surface area contributed by atoms with E-state index in [9.17, 15) is 8.78 Å². The van der Waals surface area contributed by atoms with Gasteiger partial charge in [-0.05, 0) is 28.9 Å². The molecule has 1 atom stereocenters. The molecule has 0 saturated heterocycles. The van der Waals surface area contributed by atoms with E-state index in [0.717, 1.165) is 6.07 Å². The van der Waals surface area contributed by atoms with Crippen LogP contribution in [0.2, 0.25) is 0 Å². The highest BCUT2D eigenvalue weighted by molar-refractivity contribution is 9.10. The summed E-state index contributed by atoms with van der Waals surface area (Å²) < 4.78 is 26.0. The Balaban J connectivity index is 3.25. The van der Waals surface area contributed by atoms with Gasteiger partial charge in [-0.3, -0.25) is 0 Å². The zero-order valence-electron chi connectivity index (χ0n) is 6.81. The number of hydrogen-bond acceptors (Lipinski definition) is 1. The molecule has 0 aromatic heterocycles. The molecule has 0 N–H and O–H groups in total. The molecule has 0 fully saturated rings. The predicted molar refractivity (Wildman–Crippen MR) is 48.1 cm³/mol. The maximum Gasteiger partial charge on any atom is 0.140 e. The highest BCUT2D eigenvalue weighted by Gasteiger charge is 2.13. The van der Waals surface area contributed by atoms with Crippen LogP contribution in [0.4, 0.5) is 8.78 Å².